The number of hydrogen-bond acceptors (Lipinski definition) is 2. The number of nitrogens with one attached hydrogen (secondary N) is 1. The van der Waals surface area contributed by atoms with Crippen LogP contribution in [0.4, 0.5) is 0 Å². The molecule has 0 spiro atoms. The van der Waals surface area contributed by atoms with E-state index < -0.39 is 0 Å². The lowest BCUT2D eigenvalue weighted by Crippen LogP contribution is -2.29. The molecule has 4 heteroatoms. The minimum absolute atomic E-state index is 0. The fourth-order valence-corrected chi connectivity index (χ4v) is 2.26. The molecule has 2 atom stereocenters. The molecule has 3 nitrogen and oxygen atoms in total. The Morgan fingerprint density at radius 3 is 2.23 bits per heavy atom. The molecule has 0 aromatic heterocycles. The minimum Gasteiger partial charge on any atom is -0.350 e. The average Bonchev–Trinajstić information content (AvgIpc) is 2.48. The summed E-state index contributed by atoms with van der Waals surface area (Å²) in [5, 5.41) is 3.00. The van der Waals surface area contributed by atoms with Gasteiger partial charge < -0.3 is 11.1 Å². The Morgan fingerprint density at radius 1 is 1.05 bits per heavy atom. The van der Waals surface area contributed by atoms with Crippen molar-refractivity contribution in [2.45, 2.75) is 32.4 Å². The summed E-state index contributed by atoms with van der Waals surface area (Å²) in [5.74, 6) is -0.0283. The summed E-state index contributed by atoms with van der Waals surface area (Å²) in [4.78, 5) is 12.1. The third-order valence-electron chi connectivity index (χ3n) is 3.59. The van der Waals surface area contributed by atoms with Crippen LogP contribution in [0.3, 0.4) is 0 Å². The Kier molecular flexibility index (Phi) is 7.09. The predicted molar refractivity (Wildman–Crippen MR) is 93.0 cm³/mol. The van der Waals surface area contributed by atoms with E-state index in [0.29, 0.717) is 6.42 Å². The maximum absolute atomic E-state index is 12.1. The summed E-state index contributed by atoms with van der Waals surface area (Å²) in [7, 11) is 0. The van der Waals surface area contributed by atoms with Crippen LogP contribution >= 0.6 is 12.4 Å². The van der Waals surface area contributed by atoms with Gasteiger partial charge >= 0.3 is 0 Å². The van der Waals surface area contributed by atoms with Gasteiger partial charge in [0, 0.05) is 12.5 Å². The molecular formula is C18H23ClN2O. The van der Waals surface area contributed by atoms with E-state index in [0.717, 1.165) is 11.1 Å². The highest BCUT2D eigenvalue weighted by Crippen LogP contribution is 2.16. The number of aryl methyl sites for hydroxylation is 1. The topological polar surface area (TPSA) is 55.1 Å². The standard InChI is InChI=1S/C18H22N2O.ClH/c1-13-8-10-15(11-9-13)14(2)20-18(21)12-17(19)16-6-4-3-5-7-16;/h3-11,14,17H,12,19H2,1-2H3,(H,20,21);1H. The molecule has 3 N–H and O–H groups in total. The number of benzene rings is 2. The predicted octanol–water partition coefficient (Wildman–Crippen LogP) is 3.68. The van der Waals surface area contributed by atoms with Gasteiger partial charge in [0.05, 0.1) is 6.04 Å². The van der Waals surface area contributed by atoms with E-state index in [9.17, 15) is 4.79 Å². The molecule has 0 fully saturated rings. The van der Waals surface area contributed by atoms with Crippen LogP contribution in [0.1, 0.15) is 42.1 Å². The van der Waals surface area contributed by atoms with Crippen LogP contribution in [-0.2, 0) is 4.79 Å². The van der Waals surface area contributed by atoms with Crippen molar-refractivity contribution in [2.75, 3.05) is 0 Å². The highest BCUT2D eigenvalue weighted by molar-refractivity contribution is 5.85. The largest absolute Gasteiger partial charge is 0.350 e. The number of hydrogen-bond donors (Lipinski definition) is 2. The number of amides is 1. The second-order valence-corrected chi connectivity index (χ2v) is 5.42. The Bertz CT molecular complexity index is 584. The lowest BCUT2D eigenvalue weighted by Gasteiger charge is -2.17. The first-order chi connectivity index (χ1) is 10.1. The van der Waals surface area contributed by atoms with E-state index in [2.05, 4.69) is 5.32 Å². The van der Waals surface area contributed by atoms with Crippen molar-refractivity contribution in [3.05, 3.63) is 71.3 Å². The van der Waals surface area contributed by atoms with Gasteiger partial charge in [-0.3, -0.25) is 4.79 Å². The molecule has 2 rings (SSSR count). The molecule has 0 aliphatic carbocycles. The summed E-state index contributed by atoms with van der Waals surface area (Å²) >= 11 is 0. The third-order valence-corrected chi connectivity index (χ3v) is 3.59. The smallest absolute Gasteiger partial charge is 0.222 e. The first-order valence-corrected chi connectivity index (χ1v) is 7.22. The lowest BCUT2D eigenvalue weighted by molar-refractivity contribution is -0.122. The van der Waals surface area contributed by atoms with Crippen molar-refractivity contribution >= 4 is 18.3 Å². The summed E-state index contributed by atoms with van der Waals surface area (Å²) in [6.45, 7) is 4.03. The van der Waals surface area contributed by atoms with Gasteiger partial charge in [-0.05, 0) is 25.0 Å². The quantitative estimate of drug-likeness (QED) is 0.883. The maximum Gasteiger partial charge on any atom is 0.222 e. The second kappa shape index (κ2) is 8.57. The van der Waals surface area contributed by atoms with Crippen molar-refractivity contribution in [3.63, 3.8) is 0 Å². The van der Waals surface area contributed by atoms with Crippen LogP contribution in [0.2, 0.25) is 0 Å². The number of carbonyl (C=O) groups excluding carboxylic acids is 1. The number of halogens is 1. The average molecular weight is 319 g/mol. The van der Waals surface area contributed by atoms with Crippen LogP contribution in [0.5, 0.6) is 0 Å². The van der Waals surface area contributed by atoms with Gasteiger partial charge in [-0.1, -0.05) is 60.2 Å². The SMILES string of the molecule is Cc1ccc(C(C)NC(=O)CC(N)c2ccccc2)cc1.Cl. The van der Waals surface area contributed by atoms with Crippen molar-refractivity contribution < 1.29 is 4.79 Å². The van der Waals surface area contributed by atoms with Crippen molar-refractivity contribution in [3.8, 4) is 0 Å². The molecule has 0 bridgehead atoms. The molecule has 0 heterocycles. The fraction of sp³-hybridized carbons (Fsp3) is 0.278. The molecule has 2 aromatic carbocycles. The van der Waals surface area contributed by atoms with E-state index in [1.54, 1.807) is 0 Å². The van der Waals surface area contributed by atoms with E-state index in [1.165, 1.54) is 5.56 Å². The summed E-state index contributed by atoms with van der Waals surface area (Å²) in [5.41, 5.74) is 9.36. The minimum atomic E-state index is -0.267. The van der Waals surface area contributed by atoms with Gasteiger partial charge in [0.1, 0.15) is 0 Å². The molecular weight excluding hydrogens is 296 g/mol. The van der Waals surface area contributed by atoms with Crippen LogP contribution in [0.15, 0.2) is 54.6 Å². The first-order valence-electron chi connectivity index (χ1n) is 7.22. The molecule has 2 aromatic rings. The molecule has 1 amide bonds. The Hall–Kier alpha value is -1.84. The van der Waals surface area contributed by atoms with Crippen LogP contribution in [0, 0.1) is 6.92 Å². The Morgan fingerprint density at radius 2 is 1.64 bits per heavy atom. The zero-order chi connectivity index (χ0) is 15.2. The van der Waals surface area contributed by atoms with Gasteiger partial charge in [-0.2, -0.15) is 0 Å². The molecule has 0 aliphatic heterocycles. The van der Waals surface area contributed by atoms with Gasteiger partial charge in [0.25, 0.3) is 0 Å². The van der Waals surface area contributed by atoms with E-state index >= 15 is 0 Å². The maximum atomic E-state index is 12.1. The normalized spacial score (nSPS) is 12.9. The zero-order valence-corrected chi connectivity index (χ0v) is 13.8. The molecule has 118 valence electrons. The summed E-state index contributed by atoms with van der Waals surface area (Å²) in [6.07, 6.45) is 0.292. The monoisotopic (exact) mass is 318 g/mol. The van der Waals surface area contributed by atoms with Crippen LogP contribution in [0.25, 0.3) is 0 Å². The lowest BCUT2D eigenvalue weighted by atomic mass is 10.0. The molecule has 0 aliphatic rings. The van der Waals surface area contributed by atoms with Crippen molar-refractivity contribution in [2.24, 2.45) is 5.73 Å². The molecule has 0 saturated heterocycles. The van der Waals surface area contributed by atoms with E-state index in [4.69, 9.17) is 5.73 Å². The van der Waals surface area contributed by atoms with E-state index in [-0.39, 0.29) is 30.4 Å². The van der Waals surface area contributed by atoms with Gasteiger partial charge in [0.2, 0.25) is 5.91 Å². The molecule has 22 heavy (non-hydrogen) atoms. The van der Waals surface area contributed by atoms with Gasteiger partial charge in [0.15, 0.2) is 0 Å². The Balaban J connectivity index is 0.00000242. The van der Waals surface area contributed by atoms with E-state index in [1.807, 2.05) is 68.4 Å². The van der Waals surface area contributed by atoms with Crippen molar-refractivity contribution in [1.29, 1.82) is 0 Å². The van der Waals surface area contributed by atoms with Crippen molar-refractivity contribution in [1.82, 2.24) is 5.32 Å². The molecule has 0 saturated carbocycles. The third kappa shape index (κ3) is 5.17. The highest BCUT2D eigenvalue weighted by Gasteiger charge is 2.14. The number of rotatable bonds is 5. The summed E-state index contributed by atoms with van der Waals surface area (Å²) in [6, 6.07) is 17.6. The number of carbonyl (C=O) groups is 1. The number of nitrogens with two attached hydrogens (primary N) is 1. The summed E-state index contributed by atoms with van der Waals surface area (Å²) < 4.78 is 0. The second-order valence-electron chi connectivity index (χ2n) is 5.42. The Labute approximate surface area is 138 Å². The van der Waals surface area contributed by atoms with Gasteiger partial charge in [-0.25, -0.2) is 0 Å². The first kappa shape index (κ1) is 18.2. The highest BCUT2D eigenvalue weighted by atomic mass is 35.5. The molecule has 2 unspecified atom stereocenters. The van der Waals surface area contributed by atoms with Crippen LogP contribution in [-0.4, -0.2) is 5.91 Å². The van der Waals surface area contributed by atoms with Gasteiger partial charge in [-0.15, -0.1) is 12.4 Å². The zero-order valence-electron chi connectivity index (χ0n) is 13.0. The van der Waals surface area contributed by atoms with Crippen LogP contribution < -0.4 is 11.1 Å². The molecule has 0 radical (unpaired) electrons. The fourth-order valence-electron chi connectivity index (χ4n) is 2.26.